The first-order chi connectivity index (χ1) is 18.2. The minimum absolute atomic E-state index is 0.0158. The van der Waals surface area contributed by atoms with Crippen LogP contribution >= 0.6 is 34.8 Å². The van der Waals surface area contributed by atoms with E-state index < -0.39 is 5.91 Å². The molecule has 4 heterocycles. The van der Waals surface area contributed by atoms with E-state index in [0.717, 1.165) is 48.6 Å². The summed E-state index contributed by atoms with van der Waals surface area (Å²) in [4.78, 5) is 31.2. The maximum atomic E-state index is 12.5. The quantitative estimate of drug-likeness (QED) is 0.259. The number of nitrogens with zero attached hydrogens (tertiary/aromatic N) is 4. The molecule has 198 valence electrons. The lowest BCUT2D eigenvalue weighted by atomic mass is 9.83. The van der Waals surface area contributed by atoms with Gasteiger partial charge in [-0.1, -0.05) is 40.9 Å². The average Bonchev–Trinajstić information content (AvgIpc) is 2.90. The fraction of sp³-hybridized carbons (Fsp3) is 0.308. The van der Waals surface area contributed by atoms with E-state index in [1.165, 1.54) is 6.21 Å². The number of aromatic nitrogens is 2. The highest BCUT2D eigenvalue weighted by Crippen LogP contribution is 2.36. The molecule has 2 bridgehead atoms. The molecule has 2 aliphatic heterocycles. The number of ether oxygens (including phenoxy) is 1. The largest absolute Gasteiger partial charge is 0.496 e. The van der Waals surface area contributed by atoms with E-state index >= 15 is 0 Å². The molecule has 3 aromatic rings. The number of likely N-dealkylation sites (tertiary alicyclic amines) is 1. The van der Waals surface area contributed by atoms with Crippen LogP contribution in [0.2, 0.25) is 15.2 Å². The minimum Gasteiger partial charge on any atom is -0.496 e. The first-order valence-corrected chi connectivity index (χ1v) is 13.1. The summed E-state index contributed by atoms with van der Waals surface area (Å²) in [6, 6.07) is 11.2. The number of hydrazone groups is 1. The molecule has 0 unspecified atom stereocenters. The fourth-order valence-electron chi connectivity index (χ4n) is 5.27. The van der Waals surface area contributed by atoms with Gasteiger partial charge in [-0.3, -0.25) is 14.5 Å². The van der Waals surface area contributed by atoms with E-state index in [1.807, 2.05) is 28.8 Å². The fourth-order valence-corrected chi connectivity index (χ4v) is 5.86. The van der Waals surface area contributed by atoms with Crippen LogP contribution in [0.25, 0.3) is 0 Å². The molecule has 3 N–H and O–H groups in total. The number of piperidine rings is 1. The zero-order chi connectivity index (χ0) is 27.0. The summed E-state index contributed by atoms with van der Waals surface area (Å²) in [6.45, 7) is 3.19. The molecule has 2 aliphatic rings. The molecule has 12 heteroatoms. The molecule has 2 aromatic heterocycles. The van der Waals surface area contributed by atoms with Crippen molar-refractivity contribution in [1.82, 2.24) is 19.9 Å². The summed E-state index contributed by atoms with van der Waals surface area (Å²) >= 11 is 17.9. The molecule has 1 fully saturated rings. The van der Waals surface area contributed by atoms with Gasteiger partial charge < -0.3 is 15.0 Å². The van der Waals surface area contributed by atoms with E-state index in [1.54, 1.807) is 13.2 Å². The molecule has 5 rings (SSSR count). The van der Waals surface area contributed by atoms with E-state index in [0.29, 0.717) is 18.4 Å². The lowest BCUT2D eigenvalue weighted by Gasteiger charge is -2.42. The molecule has 1 aromatic carbocycles. The zero-order valence-electron chi connectivity index (χ0n) is 20.5. The highest BCUT2D eigenvalue weighted by molar-refractivity contribution is 6.46. The summed E-state index contributed by atoms with van der Waals surface area (Å²) in [6.07, 6.45) is 2.61. The van der Waals surface area contributed by atoms with Crippen molar-refractivity contribution in [2.24, 2.45) is 11.0 Å². The normalized spacial score (nSPS) is 18.8. The second-order valence-corrected chi connectivity index (χ2v) is 10.6. The predicted molar refractivity (Wildman–Crippen MR) is 149 cm³/mol. The summed E-state index contributed by atoms with van der Waals surface area (Å²) < 4.78 is 7.54. The van der Waals surface area contributed by atoms with Gasteiger partial charge in [-0.05, 0) is 42.2 Å². The number of nitrogens with one attached hydrogen (secondary N) is 1. The Kier molecular flexibility index (Phi) is 7.63. The Balaban J connectivity index is 1.29. The van der Waals surface area contributed by atoms with E-state index in [2.05, 4.69) is 26.5 Å². The van der Waals surface area contributed by atoms with Gasteiger partial charge in [0, 0.05) is 49.4 Å². The van der Waals surface area contributed by atoms with Gasteiger partial charge in [0.05, 0.1) is 24.0 Å². The number of nitrogens with two attached hydrogens (primary N) is 1. The minimum atomic E-state index is -0.676. The number of pyridine rings is 2. The Hall–Kier alpha value is -3.11. The number of halogens is 3. The highest BCUT2D eigenvalue weighted by Gasteiger charge is 2.34. The first kappa shape index (κ1) is 26.5. The molecule has 1 amide bonds. The van der Waals surface area contributed by atoms with E-state index in [4.69, 9.17) is 45.3 Å². The van der Waals surface area contributed by atoms with Crippen LogP contribution in [0.15, 0.2) is 46.3 Å². The average molecular weight is 576 g/mol. The zero-order valence-corrected chi connectivity index (χ0v) is 22.7. The van der Waals surface area contributed by atoms with Crippen molar-refractivity contribution in [3.05, 3.63) is 84.5 Å². The Morgan fingerprint density at radius 1 is 1.21 bits per heavy atom. The van der Waals surface area contributed by atoms with Gasteiger partial charge in [0.25, 0.3) is 11.5 Å². The lowest BCUT2D eigenvalue weighted by molar-refractivity contribution is 0.0950. The number of anilines is 1. The van der Waals surface area contributed by atoms with Gasteiger partial charge in [0.15, 0.2) is 10.8 Å². The lowest BCUT2D eigenvalue weighted by Crippen LogP contribution is -2.46. The third-order valence-electron chi connectivity index (χ3n) is 6.92. The molecule has 1 saturated heterocycles. The van der Waals surface area contributed by atoms with Gasteiger partial charge in [-0.15, -0.1) is 0 Å². The van der Waals surface area contributed by atoms with Crippen molar-refractivity contribution in [3.63, 3.8) is 0 Å². The highest BCUT2D eigenvalue weighted by atomic mass is 35.5. The van der Waals surface area contributed by atoms with Crippen molar-refractivity contribution in [1.29, 1.82) is 0 Å². The number of fused-ring (bicyclic) bond motifs is 4. The first-order valence-electron chi connectivity index (χ1n) is 12.0. The van der Waals surface area contributed by atoms with Crippen LogP contribution in [-0.2, 0) is 13.1 Å². The van der Waals surface area contributed by atoms with Gasteiger partial charge in [0.1, 0.15) is 10.8 Å². The van der Waals surface area contributed by atoms with Crippen molar-refractivity contribution >= 4 is 52.6 Å². The maximum Gasteiger partial charge on any atom is 0.291 e. The predicted octanol–water partition coefficient (Wildman–Crippen LogP) is 4.18. The van der Waals surface area contributed by atoms with Gasteiger partial charge in [-0.2, -0.15) is 5.10 Å². The van der Waals surface area contributed by atoms with Crippen molar-refractivity contribution in [3.8, 4) is 5.75 Å². The maximum absolute atomic E-state index is 12.5. The van der Waals surface area contributed by atoms with Crippen LogP contribution < -0.4 is 21.5 Å². The van der Waals surface area contributed by atoms with Gasteiger partial charge >= 0.3 is 0 Å². The van der Waals surface area contributed by atoms with E-state index in [9.17, 15) is 9.59 Å². The molecular weight excluding hydrogens is 551 g/mol. The molecule has 2 atom stereocenters. The number of carbonyl (C=O) groups is 1. The number of amides is 1. The smallest absolute Gasteiger partial charge is 0.291 e. The van der Waals surface area contributed by atoms with Crippen molar-refractivity contribution < 1.29 is 9.53 Å². The van der Waals surface area contributed by atoms with Crippen LogP contribution in [0.5, 0.6) is 5.75 Å². The molecule has 0 radical (unpaired) electrons. The summed E-state index contributed by atoms with van der Waals surface area (Å²) in [7, 11) is 1.64. The number of rotatable bonds is 6. The number of carbonyl (C=O) groups excluding carboxylic acids is 1. The third-order valence-corrected chi connectivity index (χ3v) is 8.06. The number of nitrogen functional groups attached to an aromatic ring is 1. The number of methoxy groups -OCH3 is 1. The van der Waals surface area contributed by atoms with Crippen molar-refractivity contribution in [2.45, 2.75) is 25.4 Å². The molecule has 0 spiro atoms. The second kappa shape index (κ2) is 10.9. The van der Waals surface area contributed by atoms with Crippen LogP contribution in [0.4, 0.5) is 5.69 Å². The Labute approximate surface area is 234 Å². The molecule has 38 heavy (non-hydrogen) atoms. The standard InChI is InChI=1S/C26H25Cl3N6O3/c1-38-19-6-5-14(9-31-33-26(37)24-21(27)23(30)22(28)25(29)32-24)7-17(19)13-34-10-15-8-16(12-34)18-3-2-4-20(36)35(18)11-15/h2-7,9,15-16H,8,10-13H2,1H3,(H2,30,32)(H,33,37)/b31-9+/t15-,16+/m1/s1. The van der Waals surface area contributed by atoms with Crippen LogP contribution in [-0.4, -0.2) is 46.8 Å². The SMILES string of the molecule is COc1ccc(/C=N/NC(=O)c2nc(Cl)c(Cl)c(N)c2Cl)cc1CN1C[C@H]2C[C@@H](C1)c1cccc(=O)n1C2. The molecular formula is C26H25Cl3N6O3. The second-order valence-electron chi connectivity index (χ2n) is 9.46. The van der Waals surface area contributed by atoms with E-state index in [-0.39, 0.29) is 32.1 Å². The van der Waals surface area contributed by atoms with Crippen molar-refractivity contribution in [2.75, 3.05) is 25.9 Å². The summed E-state index contributed by atoms with van der Waals surface area (Å²) in [5.74, 6) is 0.826. The molecule has 9 nitrogen and oxygen atoms in total. The third kappa shape index (κ3) is 5.24. The van der Waals surface area contributed by atoms with Crippen LogP contribution in [0.3, 0.4) is 0 Å². The molecule has 0 saturated carbocycles. The summed E-state index contributed by atoms with van der Waals surface area (Å²) in [5.41, 5.74) is 10.9. The Morgan fingerprint density at radius 3 is 2.82 bits per heavy atom. The number of hydrogen-bond acceptors (Lipinski definition) is 7. The van der Waals surface area contributed by atoms with Gasteiger partial charge in [-0.25, -0.2) is 10.4 Å². The summed E-state index contributed by atoms with van der Waals surface area (Å²) in [5, 5.41) is 3.80. The topological polar surface area (TPSA) is 115 Å². The van der Waals surface area contributed by atoms with Gasteiger partial charge in [0.2, 0.25) is 0 Å². The molecule has 0 aliphatic carbocycles. The monoisotopic (exact) mass is 574 g/mol. The van der Waals surface area contributed by atoms with Crippen LogP contribution in [0.1, 0.15) is 39.6 Å². The Morgan fingerprint density at radius 2 is 2.03 bits per heavy atom. The number of benzene rings is 1. The number of hydrogen-bond donors (Lipinski definition) is 2. The Bertz CT molecular complexity index is 1490. The van der Waals surface area contributed by atoms with Crippen LogP contribution in [0, 0.1) is 5.92 Å².